The maximum absolute atomic E-state index is 11.9. The number of rotatable bonds is 6. The number of hydrogen-bond acceptors (Lipinski definition) is 4. The monoisotopic (exact) mass is 250 g/mol. The minimum absolute atomic E-state index is 0.0424. The van der Waals surface area contributed by atoms with Crippen molar-refractivity contribution in [1.29, 1.82) is 0 Å². The van der Waals surface area contributed by atoms with Crippen molar-refractivity contribution < 1.29 is 4.79 Å². The lowest BCUT2D eigenvalue weighted by atomic mass is 10.2. The van der Waals surface area contributed by atoms with Crippen molar-refractivity contribution >= 4 is 11.7 Å². The number of amides is 1. The molecule has 0 aliphatic heterocycles. The summed E-state index contributed by atoms with van der Waals surface area (Å²) in [5.41, 5.74) is 0.651. The third-order valence-electron chi connectivity index (χ3n) is 2.53. The Morgan fingerprint density at radius 1 is 1.33 bits per heavy atom. The Bertz CT molecular complexity index is 390. The molecule has 1 aromatic heterocycles. The molecule has 1 amide bonds. The summed E-state index contributed by atoms with van der Waals surface area (Å²) in [5, 5.41) is 2.91. The van der Waals surface area contributed by atoms with Crippen molar-refractivity contribution in [1.82, 2.24) is 15.2 Å². The van der Waals surface area contributed by atoms with E-state index in [0.29, 0.717) is 12.1 Å². The van der Waals surface area contributed by atoms with E-state index in [1.807, 2.05) is 33.1 Å². The Balaban J connectivity index is 2.48. The number of nitrogens with zero attached hydrogens (tertiary/aromatic N) is 3. The molecule has 0 bridgehead atoms. The second kappa shape index (κ2) is 6.96. The first kappa shape index (κ1) is 14.4. The van der Waals surface area contributed by atoms with Gasteiger partial charge in [0, 0.05) is 32.4 Å². The zero-order valence-electron chi connectivity index (χ0n) is 11.6. The molecule has 0 unspecified atom stereocenters. The minimum Gasteiger partial charge on any atom is -0.363 e. The molecular weight excluding hydrogens is 228 g/mol. The minimum atomic E-state index is -0.0424. The fraction of sp³-hybridized carbons (Fsp3) is 0.538. The van der Waals surface area contributed by atoms with Gasteiger partial charge in [0.25, 0.3) is 5.91 Å². The van der Waals surface area contributed by atoms with Crippen molar-refractivity contribution in [2.24, 2.45) is 0 Å². The Kier molecular flexibility index (Phi) is 5.58. The highest BCUT2D eigenvalue weighted by molar-refractivity contribution is 5.94. The lowest BCUT2D eigenvalue weighted by molar-refractivity contribution is 0.0952. The highest BCUT2D eigenvalue weighted by Crippen LogP contribution is 2.09. The molecule has 0 aliphatic carbocycles. The first-order valence-electron chi connectivity index (χ1n) is 6.07. The van der Waals surface area contributed by atoms with Crippen LogP contribution >= 0.6 is 0 Å². The molecule has 5 nitrogen and oxygen atoms in total. The Labute approximate surface area is 109 Å². The normalized spacial score (nSPS) is 10.5. The molecular formula is C13H22N4O. The van der Waals surface area contributed by atoms with Crippen LogP contribution < -0.4 is 10.2 Å². The zero-order chi connectivity index (χ0) is 13.5. The van der Waals surface area contributed by atoms with Gasteiger partial charge in [-0.1, -0.05) is 0 Å². The van der Waals surface area contributed by atoms with Crippen LogP contribution in [0.1, 0.15) is 16.8 Å². The number of aromatic nitrogens is 1. The third kappa shape index (κ3) is 4.71. The lowest BCUT2D eigenvalue weighted by Crippen LogP contribution is -2.27. The molecule has 0 fully saturated rings. The summed E-state index contributed by atoms with van der Waals surface area (Å²) in [6.45, 7) is 1.66. The Morgan fingerprint density at radius 3 is 2.67 bits per heavy atom. The van der Waals surface area contributed by atoms with Gasteiger partial charge in [-0.15, -0.1) is 0 Å². The number of pyridine rings is 1. The average Bonchev–Trinajstić information content (AvgIpc) is 2.34. The van der Waals surface area contributed by atoms with Crippen LogP contribution in [0.3, 0.4) is 0 Å². The van der Waals surface area contributed by atoms with Crippen molar-refractivity contribution in [2.45, 2.75) is 6.42 Å². The number of nitrogens with one attached hydrogen (secondary N) is 1. The lowest BCUT2D eigenvalue weighted by Gasteiger charge is -2.12. The molecule has 0 aromatic carbocycles. The molecule has 0 saturated heterocycles. The highest BCUT2D eigenvalue weighted by Gasteiger charge is 2.07. The van der Waals surface area contributed by atoms with Crippen LogP contribution in [0.4, 0.5) is 5.82 Å². The molecule has 1 heterocycles. The Hall–Kier alpha value is -1.62. The van der Waals surface area contributed by atoms with Crippen LogP contribution in [0, 0.1) is 0 Å². The van der Waals surface area contributed by atoms with Gasteiger partial charge in [-0.25, -0.2) is 4.98 Å². The third-order valence-corrected chi connectivity index (χ3v) is 2.53. The summed E-state index contributed by atoms with van der Waals surface area (Å²) in [6, 6.07) is 3.52. The maximum atomic E-state index is 11.9. The predicted octanol–water partition coefficient (Wildman–Crippen LogP) is 0.829. The number of hydrogen-bond donors (Lipinski definition) is 1. The molecule has 1 rings (SSSR count). The van der Waals surface area contributed by atoms with Crippen LogP contribution in [-0.4, -0.2) is 57.1 Å². The first-order chi connectivity index (χ1) is 8.50. The topological polar surface area (TPSA) is 48.5 Å². The van der Waals surface area contributed by atoms with E-state index >= 15 is 0 Å². The van der Waals surface area contributed by atoms with E-state index in [1.165, 1.54) is 0 Å². The molecule has 0 saturated carbocycles. The molecule has 1 N–H and O–H groups in total. The van der Waals surface area contributed by atoms with E-state index < -0.39 is 0 Å². The van der Waals surface area contributed by atoms with Crippen molar-refractivity contribution in [3.05, 3.63) is 23.9 Å². The van der Waals surface area contributed by atoms with E-state index in [2.05, 4.69) is 15.2 Å². The maximum Gasteiger partial charge on any atom is 0.251 e. The zero-order valence-corrected chi connectivity index (χ0v) is 11.6. The van der Waals surface area contributed by atoms with E-state index in [0.717, 1.165) is 18.8 Å². The second-order valence-corrected chi connectivity index (χ2v) is 4.71. The first-order valence-corrected chi connectivity index (χ1v) is 6.07. The van der Waals surface area contributed by atoms with E-state index in [4.69, 9.17) is 0 Å². The van der Waals surface area contributed by atoms with Gasteiger partial charge in [0.2, 0.25) is 0 Å². The van der Waals surface area contributed by atoms with Crippen molar-refractivity contribution in [3.8, 4) is 0 Å². The summed E-state index contributed by atoms with van der Waals surface area (Å²) in [7, 11) is 7.85. The van der Waals surface area contributed by atoms with E-state index in [1.54, 1.807) is 18.3 Å². The van der Waals surface area contributed by atoms with Crippen LogP contribution in [0.15, 0.2) is 18.3 Å². The largest absolute Gasteiger partial charge is 0.363 e. The van der Waals surface area contributed by atoms with E-state index in [9.17, 15) is 4.79 Å². The number of carbonyl (C=O) groups excluding carboxylic acids is 1. The SMILES string of the molecule is CN(C)CCCNC(=O)c1ccnc(N(C)C)c1. The smallest absolute Gasteiger partial charge is 0.251 e. The van der Waals surface area contributed by atoms with Crippen LogP contribution in [0.2, 0.25) is 0 Å². The molecule has 1 aromatic rings. The fourth-order valence-electron chi connectivity index (χ4n) is 1.50. The summed E-state index contributed by atoms with van der Waals surface area (Å²) in [6.07, 6.45) is 2.61. The predicted molar refractivity (Wildman–Crippen MR) is 74.1 cm³/mol. The molecule has 0 spiro atoms. The summed E-state index contributed by atoms with van der Waals surface area (Å²) >= 11 is 0. The highest BCUT2D eigenvalue weighted by atomic mass is 16.1. The van der Waals surface area contributed by atoms with Gasteiger partial charge in [-0.2, -0.15) is 0 Å². The number of anilines is 1. The van der Waals surface area contributed by atoms with Gasteiger partial charge in [0.15, 0.2) is 0 Å². The molecule has 5 heteroatoms. The van der Waals surface area contributed by atoms with Crippen LogP contribution in [0.5, 0.6) is 0 Å². The summed E-state index contributed by atoms with van der Waals surface area (Å²) < 4.78 is 0. The van der Waals surface area contributed by atoms with Gasteiger partial charge in [0.05, 0.1) is 0 Å². The average molecular weight is 250 g/mol. The van der Waals surface area contributed by atoms with E-state index in [-0.39, 0.29) is 5.91 Å². The molecule has 100 valence electrons. The standard InChI is InChI=1S/C13H22N4O/c1-16(2)9-5-7-15-13(18)11-6-8-14-12(10-11)17(3)4/h6,8,10H,5,7,9H2,1-4H3,(H,15,18). The van der Waals surface area contributed by atoms with Crippen LogP contribution in [-0.2, 0) is 0 Å². The fourth-order valence-corrected chi connectivity index (χ4v) is 1.50. The van der Waals surface area contributed by atoms with Gasteiger partial charge >= 0.3 is 0 Å². The van der Waals surface area contributed by atoms with Gasteiger partial charge in [0.1, 0.15) is 5.82 Å². The molecule has 0 atom stereocenters. The van der Waals surface area contributed by atoms with Crippen molar-refractivity contribution in [2.75, 3.05) is 46.2 Å². The second-order valence-electron chi connectivity index (χ2n) is 4.71. The Morgan fingerprint density at radius 2 is 2.06 bits per heavy atom. The summed E-state index contributed by atoms with van der Waals surface area (Å²) in [4.78, 5) is 20.1. The summed E-state index contributed by atoms with van der Waals surface area (Å²) in [5.74, 6) is 0.746. The molecule has 0 aliphatic rings. The van der Waals surface area contributed by atoms with Gasteiger partial charge in [-0.05, 0) is 39.2 Å². The van der Waals surface area contributed by atoms with Crippen molar-refractivity contribution in [3.63, 3.8) is 0 Å². The van der Waals surface area contributed by atoms with Gasteiger partial charge in [-0.3, -0.25) is 4.79 Å². The quantitative estimate of drug-likeness (QED) is 0.760. The number of carbonyl (C=O) groups is 1. The van der Waals surface area contributed by atoms with Crippen LogP contribution in [0.25, 0.3) is 0 Å². The molecule has 18 heavy (non-hydrogen) atoms. The van der Waals surface area contributed by atoms with Gasteiger partial charge < -0.3 is 15.1 Å². The molecule has 0 radical (unpaired) electrons.